The zero-order valence-corrected chi connectivity index (χ0v) is 23.4. The molecule has 0 spiro atoms. The molecule has 0 fully saturated rings. The van der Waals surface area contributed by atoms with Crippen LogP contribution >= 0.6 is 23.2 Å². The minimum atomic E-state index is -0.529. The van der Waals surface area contributed by atoms with Crippen LogP contribution in [-0.2, 0) is 0 Å². The summed E-state index contributed by atoms with van der Waals surface area (Å²) < 4.78 is 13.8. The Morgan fingerprint density at radius 2 is 1.85 bits per heavy atom. The van der Waals surface area contributed by atoms with Crippen molar-refractivity contribution < 1.29 is 4.39 Å². The van der Waals surface area contributed by atoms with Crippen LogP contribution in [0.2, 0.25) is 10.0 Å². The third kappa shape index (κ3) is 6.06. The average Bonchev–Trinajstić information content (AvgIpc) is 3.42. The van der Waals surface area contributed by atoms with Crippen molar-refractivity contribution in [2.24, 2.45) is 0 Å². The van der Waals surface area contributed by atoms with Crippen LogP contribution in [0.5, 0.6) is 0 Å². The lowest BCUT2D eigenvalue weighted by atomic mass is 10.0. The number of aromatic nitrogens is 1. The number of likely N-dealkylation sites (N-methyl/N-ethyl adjacent to an activating group) is 1. The molecular weight excluding hydrogens is 550 g/mol. The van der Waals surface area contributed by atoms with Gasteiger partial charge in [0.1, 0.15) is 11.9 Å². The van der Waals surface area contributed by atoms with Crippen LogP contribution in [0.3, 0.4) is 0 Å². The molecule has 0 saturated carbocycles. The Hall–Kier alpha value is -4.07. The minimum absolute atomic E-state index is 0.0291. The lowest BCUT2D eigenvalue weighted by Crippen LogP contribution is -2.40. The molecular formula is C29H27Cl2FN8. The number of rotatable bonds is 9. The van der Waals surface area contributed by atoms with Gasteiger partial charge in [0.2, 0.25) is 0 Å². The van der Waals surface area contributed by atoms with E-state index < -0.39 is 5.82 Å². The van der Waals surface area contributed by atoms with Gasteiger partial charge in [-0.05, 0) is 50.0 Å². The zero-order chi connectivity index (χ0) is 28.2. The van der Waals surface area contributed by atoms with Crippen LogP contribution in [0.1, 0.15) is 17.2 Å². The van der Waals surface area contributed by atoms with Gasteiger partial charge in [0.05, 0.1) is 38.6 Å². The summed E-state index contributed by atoms with van der Waals surface area (Å²) in [6.07, 6.45) is 3.50. The van der Waals surface area contributed by atoms with Crippen molar-refractivity contribution in [3.63, 3.8) is 0 Å². The van der Waals surface area contributed by atoms with E-state index in [4.69, 9.17) is 23.2 Å². The van der Waals surface area contributed by atoms with Crippen molar-refractivity contribution in [2.45, 2.75) is 6.04 Å². The van der Waals surface area contributed by atoms with Gasteiger partial charge >= 0.3 is 0 Å². The normalized spacial score (nSPS) is 13.6. The van der Waals surface area contributed by atoms with E-state index in [2.05, 4.69) is 37.5 Å². The summed E-state index contributed by atoms with van der Waals surface area (Å²) in [6.45, 7) is 1.67. The monoisotopic (exact) mass is 576 g/mol. The Labute approximate surface area is 241 Å². The molecule has 0 radical (unpaired) electrons. The van der Waals surface area contributed by atoms with Crippen molar-refractivity contribution in [1.82, 2.24) is 25.9 Å². The van der Waals surface area contributed by atoms with Crippen molar-refractivity contribution in [1.29, 1.82) is 5.26 Å². The fourth-order valence-electron chi connectivity index (χ4n) is 4.38. The molecule has 0 unspecified atom stereocenters. The van der Waals surface area contributed by atoms with Crippen LogP contribution in [-0.4, -0.2) is 42.1 Å². The van der Waals surface area contributed by atoms with Gasteiger partial charge < -0.3 is 21.0 Å². The molecule has 11 heteroatoms. The fraction of sp³-hybridized carbons (Fsp3) is 0.172. The molecule has 1 atom stereocenters. The Balaban J connectivity index is 1.54. The lowest BCUT2D eigenvalue weighted by Gasteiger charge is -2.22. The van der Waals surface area contributed by atoms with E-state index in [1.165, 1.54) is 18.3 Å². The standard InChI is InChI=1S/C29H27Cl2FN8/c1-39(2)10-11-40-17-26(37-38-40)28(18-6-4-3-5-7-18)36-21-12-22-27(35-20-8-9-25(32)23(30)13-20)19(15-33)16-34-29(22)24(31)14-21/h3-9,12-14,16-17,28,36-38H,10-11H2,1-2H3,(H,34,35)/t28-/m0/s1. The maximum absolute atomic E-state index is 13.8. The zero-order valence-electron chi connectivity index (χ0n) is 21.8. The highest BCUT2D eigenvalue weighted by Crippen LogP contribution is 2.37. The molecule has 0 amide bonds. The van der Waals surface area contributed by atoms with E-state index in [1.54, 1.807) is 6.07 Å². The smallest absolute Gasteiger partial charge is 0.141 e. The second-order valence-electron chi connectivity index (χ2n) is 9.57. The summed E-state index contributed by atoms with van der Waals surface area (Å²) in [5, 5.41) is 19.7. The number of hydrazine groups is 2. The molecule has 4 aromatic rings. The molecule has 1 aromatic heterocycles. The first-order valence-electron chi connectivity index (χ1n) is 12.5. The van der Waals surface area contributed by atoms with Crippen LogP contribution in [0.15, 0.2) is 78.8 Å². The molecule has 8 nitrogen and oxygen atoms in total. The maximum Gasteiger partial charge on any atom is 0.141 e. The van der Waals surface area contributed by atoms with Gasteiger partial charge in [-0.2, -0.15) is 5.26 Å². The molecule has 0 aliphatic carbocycles. The fourth-order valence-corrected chi connectivity index (χ4v) is 4.83. The van der Waals surface area contributed by atoms with Crippen molar-refractivity contribution >= 4 is 51.2 Å². The second kappa shape index (κ2) is 12.0. The van der Waals surface area contributed by atoms with Gasteiger partial charge in [0.15, 0.2) is 0 Å². The van der Waals surface area contributed by atoms with Gasteiger partial charge in [0, 0.05) is 42.2 Å². The Morgan fingerprint density at radius 1 is 1.07 bits per heavy atom. The molecule has 4 N–H and O–H groups in total. The Kier molecular flexibility index (Phi) is 8.24. The third-order valence-corrected chi connectivity index (χ3v) is 6.99. The van der Waals surface area contributed by atoms with E-state index in [1.807, 2.05) is 67.8 Å². The first-order chi connectivity index (χ1) is 19.3. The van der Waals surface area contributed by atoms with Crippen LogP contribution in [0.25, 0.3) is 10.9 Å². The van der Waals surface area contributed by atoms with E-state index in [0.29, 0.717) is 32.9 Å². The van der Waals surface area contributed by atoms with E-state index in [-0.39, 0.29) is 11.1 Å². The molecule has 2 heterocycles. The molecule has 1 aliphatic heterocycles. The Bertz CT molecular complexity index is 1600. The number of hydrogen-bond acceptors (Lipinski definition) is 8. The molecule has 1 aliphatic rings. The van der Waals surface area contributed by atoms with E-state index >= 15 is 0 Å². The van der Waals surface area contributed by atoms with E-state index in [9.17, 15) is 9.65 Å². The summed E-state index contributed by atoms with van der Waals surface area (Å²) in [5.74, 6) is -0.529. The maximum atomic E-state index is 13.8. The molecule has 0 bridgehead atoms. The van der Waals surface area contributed by atoms with Crippen LogP contribution in [0, 0.1) is 17.1 Å². The number of nitriles is 1. The van der Waals surface area contributed by atoms with Gasteiger partial charge in [0.25, 0.3) is 0 Å². The number of benzene rings is 3. The second-order valence-corrected chi connectivity index (χ2v) is 10.4. The highest BCUT2D eigenvalue weighted by atomic mass is 35.5. The quantitative estimate of drug-likeness (QED) is 0.188. The highest BCUT2D eigenvalue weighted by molar-refractivity contribution is 6.36. The SMILES string of the molecule is CN(C)CCN1C=C([C@@H](Nc2cc(Cl)c3ncc(C#N)c(Nc4ccc(F)c(Cl)c4)c3c2)c2ccccc2)NN1. The van der Waals surface area contributed by atoms with Crippen molar-refractivity contribution in [3.05, 3.63) is 106 Å². The summed E-state index contributed by atoms with van der Waals surface area (Å²) in [4.78, 5) is 6.55. The third-order valence-electron chi connectivity index (χ3n) is 6.42. The number of pyridine rings is 1. The summed E-state index contributed by atoms with van der Waals surface area (Å²) >= 11 is 12.7. The predicted molar refractivity (Wildman–Crippen MR) is 159 cm³/mol. The van der Waals surface area contributed by atoms with Gasteiger partial charge in [-0.3, -0.25) is 9.99 Å². The largest absolute Gasteiger partial charge is 0.373 e. The predicted octanol–water partition coefficient (Wildman–Crippen LogP) is 6.18. The number of nitrogens with zero attached hydrogens (tertiary/aromatic N) is 4. The summed E-state index contributed by atoms with van der Waals surface area (Å²) in [6, 6.07) is 20.0. The number of hydrogen-bond donors (Lipinski definition) is 4. The molecule has 204 valence electrons. The average molecular weight is 577 g/mol. The molecule has 0 saturated heterocycles. The van der Waals surface area contributed by atoms with Crippen molar-refractivity contribution in [2.75, 3.05) is 37.8 Å². The molecule has 3 aromatic carbocycles. The number of nitrogens with one attached hydrogen (secondary N) is 4. The lowest BCUT2D eigenvalue weighted by molar-refractivity contribution is 0.239. The van der Waals surface area contributed by atoms with Crippen LogP contribution < -0.4 is 21.6 Å². The van der Waals surface area contributed by atoms with Gasteiger partial charge in [-0.25, -0.2) is 4.39 Å². The van der Waals surface area contributed by atoms with Gasteiger partial charge in [-0.1, -0.05) is 53.5 Å². The first-order valence-corrected chi connectivity index (χ1v) is 13.3. The summed E-state index contributed by atoms with van der Waals surface area (Å²) in [5.41, 5.74) is 11.0. The topological polar surface area (TPSA) is 91.3 Å². The van der Waals surface area contributed by atoms with Crippen molar-refractivity contribution in [3.8, 4) is 6.07 Å². The first kappa shape index (κ1) is 27.5. The molecule has 5 rings (SSSR count). The van der Waals surface area contributed by atoms with Crippen LogP contribution in [0.4, 0.5) is 21.5 Å². The van der Waals surface area contributed by atoms with E-state index in [0.717, 1.165) is 30.0 Å². The Morgan fingerprint density at radius 3 is 2.58 bits per heavy atom. The highest BCUT2D eigenvalue weighted by Gasteiger charge is 2.23. The van der Waals surface area contributed by atoms with Gasteiger partial charge in [-0.15, -0.1) is 5.53 Å². The summed E-state index contributed by atoms with van der Waals surface area (Å²) in [7, 11) is 4.07. The molecule has 40 heavy (non-hydrogen) atoms. The number of anilines is 3. The number of halogens is 3. The minimum Gasteiger partial charge on any atom is -0.373 e. The number of fused-ring (bicyclic) bond motifs is 1.